The van der Waals surface area contributed by atoms with Gasteiger partial charge < -0.3 is 4.90 Å². The van der Waals surface area contributed by atoms with Crippen molar-refractivity contribution in [2.75, 3.05) is 18.5 Å². The lowest BCUT2D eigenvalue weighted by Gasteiger charge is -2.21. The number of carbonyl (C=O) groups excluding carboxylic acids is 1. The second-order valence-corrected chi connectivity index (χ2v) is 10.2. The normalized spacial score (nSPS) is 14.8. The van der Waals surface area contributed by atoms with Gasteiger partial charge in [0.05, 0.1) is 16.2 Å². The highest BCUT2D eigenvalue weighted by molar-refractivity contribution is 7.89. The first-order valence-electron chi connectivity index (χ1n) is 9.81. The first-order valence-corrected chi connectivity index (χ1v) is 12.1. The van der Waals surface area contributed by atoms with E-state index in [4.69, 9.17) is 0 Å². The molecule has 0 spiro atoms. The lowest BCUT2D eigenvalue weighted by molar-refractivity contribution is -0.112. The van der Waals surface area contributed by atoms with Gasteiger partial charge in [0.1, 0.15) is 16.6 Å². The summed E-state index contributed by atoms with van der Waals surface area (Å²) in [5, 5.41) is 2.40. The predicted molar refractivity (Wildman–Crippen MR) is 124 cm³/mol. The number of anilines is 1. The Hall–Kier alpha value is -3.21. The Morgan fingerprint density at radius 3 is 2.67 bits per heavy atom. The highest BCUT2D eigenvalue weighted by Gasteiger charge is 2.33. The van der Waals surface area contributed by atoms with Crippen molar-refractivity contribution < 1.29 is 22.0 Å². The predicted octanol–water partition coefficient (Wildman–Crippen LogP) is 4.32. The number of hydrogen-bond donors (Lipinski definition) is 0. The van der Waals surface area contributed by atoms with Gasteiger partial charge in [0.15, 0.2) is 0 Å². The van der Waals surface area contributed by atoms with Crippen LogP contribution in [0.1, 0.15) is 16.1 Å². The van der Waals surface area contributed by atoms with Crippen LogP contribution in [0.25, 0.3) is 11.6 Å². The lowest BCUT2D eigenvalue weighted by Crippen LogP contribution is -2.31. The van der Waals surface area contributed by atoms with Gasteiger partial charge in [-0.25, -0.2) is 22.2 Å². The number of nitrogens with zero attached hydrogens (tertiary/aromatic N) is 3. The zero-order chi connectivity index (χ0) is 23.8. The fourth-order valence-electron chi connectivity index (χ4n) is 3.54. The van der Waals surface area contributed by atoms with Crippen molar-refractivity contribution in [1.29, 1.82) is 0 Å². The quantitative estimate of drug-likeness (QED) is 0.368. The molecule has 1 aromatic heterocycles. The number of sulfonamides is 1. The Bertz CT molecular complexity index is 1370. The molecule has 3 aromatic rings. The van der Waals surface area contributed by atoms with Gasteiger partial charge >= 0.3 is 0 Å². The van der Waals surface area contributed by atoms with Crippen molar-refractivity contribution in [1.82, 2.24) is 9.29 Å². The largest absolute Gasteiger partial charge is 0.311 e. The molecular formula is C23H19F2N3O3S2. The summed E-state index contributed by atoms with van der Waals surface area (Å²) in [6, 6.07) is 7.39. The molecule has 6 nitrogen and oxygen atoms in total. The molecule has 0 unspecified atom stereocenters. The maximum atomic E-state index is 14.2. The van der Waals surface area contributed by atoms with Crippen molar-refractivity contribution in [2.24, 2.45) is 0 Å². The van der Waals surface area contributed by atoms with E-state index in [9.17, 15) is 22.0 Å². The van der Waals surface area contributed by atoms with E-state index in [1.807, 2.05) is 0 Å². The molecule has 4 rings (SSSR count). The molecule has 0 radical (unpaired) electrons. The van der Waals surface area contributed by atoms with Crippen molar-refractivity contribution >= 4 is 44.6 Å². The lowest BCUT2D eigenvalue weighted by atomic mass is 10.1. The molecule has 33 heavy (non-hydrogen) atoms. The van der Waals surface area contributed by atoms with Crippen molar-refractivity contribution in [2.45, 2.75) is 11.4 Å². The summed E-state index contributed by atoms with van der Waals surface area (Å²) >= 11 is 1.35. The number of rotatable bonds is 7. The summed E-state index contributed by atoms with van der Waals surface area (Å²) in [5.41, 5.74) is 1.40. The number of amides is 1. The molecule has 0 atom stereocenters. The number of thiazole rings is 1. The average Bonchev–Trinajstić information content (AvgIpc) is 3.38. The third-order valence-electron chi connectivity index (χ3n) is 5.21. The summed E-state index contributed by atoms with van der Waals surface area (Å²) in [6.07, 6.45) is 4.63. The van der Waals surface area contributed by atoms with E-state index in [-0.39, 0.29) is 29.5 Å². The summed E-state index contributed by atoms with van der Waals surface area (Å²) < 4.78 is 55.4. The highest BCUT2D eigenvalue weighted by Crippen LogP contribution is 2.39. The van der Waals surface area contributed by atoms with Gasteiger partial charge in [-0.2, -0.15) is 4.31 Å². The topological polar surface area (TPSA) is 70.6 Å². The van der Waals surface area contributed by atoms with E-state index >= 15 is 0 Å². The van der Waals surface area contributed by atoms with Gasteiger partial charge in [-0.3, -0.25) is 4.79 Å². The molecule has 10 heteroatoms. The van der Waals surface area contributed by atoms with Gasteiger partial charge in [-0.15, -0.1) is 17.9 Å². The van der Waals surface area contributed by atoms with E-state index < -0.39 is 21.7 Å². The fourth-order valence-corrected chi connectivity index (χ4v) is 5.52. The molecule has 1 amide bonds. The van der Waals surface area contributed by atoms with Crippen LogP contribution in [0, 0.1) is 11.6 Å². The van der Waals surface area contributed by atoms with Crippen LogP contribution in [-0.4, -0.2) is 37.2 Å². The third kappa shape index (κ3) is 4.37. The average molecular weight is 488 g/mol. The maximum Gasteiger partial charge on any atom is 0.258 e. The van der Waals surface area contributed by atoms with E-state index in [2.05, 4.69) is 11.6 Å². The Balaban J connectivity index is 1.75. The van der Waals surface area contributed by atoms with E-state index in [1.54, 1.807) is 30.8 Å². The Morgan fingerprint density at radius 2 is 2.00 bits per heavy atom. The van der Waals surface area contributed by atoms with E-state index in [0.29, 0.717) is 27.9 Å². The van der Waals surface area contributed by atoms with Crippen molar-refractivity contribution in [3.05, 3.63) is 88.4 Å². The molecule has 0 fully saturated rings. The van der Waals surface area contributed by atoms with Crippen LogP contribution in [0.15, 0.2) is 65.5 Å². The third-order valence-corrected chi connectivity index (χ3v) is 7.74. The molecule has 2 aromatic carbocycles. The van der Waals surface area contributed by atoms with Crippen LogP contribution in [0.2, 0.25) is 0 Å². The number of benzene rings is 2. The minimum Gasteiger partial charge on any atom is -0.311 e. The molecule has 0 aliphatic carbocycles. The molecule has 1 aliphatic heterocycles. The van der Waals surface area contributed by atoms with Crippen molar-refractivity contribution in [3.63, 3.8) is 0 Å². The first-order chi connectivity index (χ1) is 15.7. The maximum absolute atomic E-state index is 14.2. The number of likely N-dealkylation sites (N-methyl/N-ethyl adjacent to an activating group) is 1. The zero-order valence-electron chi connectivity index (χ0n) is 17.5. The van der Waals surface area contributed by atoms with Crippen LogP contribution in [0.4, 0.5) is 14.5 Å². The van der Waals surface area contributed by atoms with Gasteiger partial charge in [-0.1, -0.05) is 12.1 Å². The summed E-state index contributed by atoms with van der Waals surface area (Å²) in [5.74, 6) is -1.86. The first kappa shape index (κ1) is 23.0. The molecule has 0 N–H and O–H groups in total. The standard InChI is InChI=1S/C23H19F2N3O3S2/c1-3-9-28(14-15-4-5-16(24)11-20(15)25)33(30,31)17-6-7-21-18(12-17)19(23(29)27(21)2)13-22-26-8-10-32-22/h3-8,10-13H,1,9,14H2,2H3/b19-13+. The minimum atomic E-state index is -4.10. The zero-order valence-corrected chi connectivity index (χ0v) is 19.2. The molecule has 0 saturated heterocycles. The van der Waals surface area contributed by atoms with Gasteiger partial charge in [0.2, 0.25) is 10.0 Å². The second kappa shape index (κ2) is 8.97. The van der Waals surface area contributed by atoms with E-state index in [1.165, 1.54) is 40.5 Å². The number of halogens is 2. The smallest absolute Gasteiger partial charge is 0.258 e. The molecule has 0 saturated carbocycles. The fraction of sp³-hybridized carbons (Fsp3) is 0.130. The number of fused-ring (bicyclic) bond motifs is 1. The monoisotopic (exact) mass is 487 g/mol. The molecular weight excluding hydrogens is 468 g/mol. The SMILES string of the molecule is C=CCN(Cc1ccc(F)cc1F)S(=O)(=O)c1ccc2c(c1)/C(=C\c1nccs1)C(=O)N2C. The van der Waals surface area contributed by atoms with Crippen molar-refractivity contribution in [3.8, 4) is 0 Å². The van der Waals surface area contributed by atoms with Crippen LogP contribution in [0.3, 0.4) is 0 Å². The summed E-state index contributed by atoms with van der Waals surface area (Å²) in [7, 11) is -2.49. The number of carbonyl (C=O) groups is 1. The van der Waals surface area contributed by atoms with Crippen LogP contribution in [-0.2, 0) is 21.4 Å². The van der Waals surface area contributed by atoms with Crippen LogP contribution in [0.5, 0.6) is 0 Å². The number of aromatic nitrogens is 1. The van der Waals surface area contributed by atoms with Crippen LogP contribution >= 0.6 is 11.3 Å². The number of hydrogen-bond acceptors (Lipinski definition) is 5. The van der Waals surface area contributed by atoms with Gasteiger partial charge in [0.25, 0.3) is 5.91 Å². The Morgan fingerprint density at radius 1 is 1.21 bits per heavy atom. The molecule has 170 valence electrons. The Kier molecular flexibility index (Phi) is 6.24. The highest BCUT2D eigenvalue weighted by atomic mass is 32.2. The molecule has 0 bridgehead atoms. The van der Waals surface area contributed by atoms with Crippen LogP contribution < -0.4 is 4.90 Å². The minimum absolute atomic E-state index is 0.0299. The summed E-state index contributed by atoms with van der Waals surface area (Å²) in [6.45, 7) is 3.20. The van der Waals surface area contributed by atoms with E-state index in [0.717, 1.165) is 10.4 Å². The summed E-state index contributed by atoms with van der Waals surface area (Å²) in [4.78, 5) is 18.3. The Labute approximate surface area is 194 Å². The molecule has 1 aliphatic rings. The van der Waals surface area contributed by atoms with Gasteiger partial charge in [-0.05, 0) is 30.3 Å². The molecule has 2 heterocycles. The second-order valence-electron chi connectivity index (χ2n) is 7.29. The van der Waals surface area contributed by atoms with Gasteiger partial charge in [0, 0.05) is 48.9 Å².